The molecule has 0 bridgehead atoms. The van der Waals surface area contributed by atoms with Gasteiger partial charge in [0, 0.05) is 24.7 Å². The molecule has 0 aliphatic rings. The highest BCUT2D eigenvalue weighted by molar-refractivity contribution is 5.93. The van der Waals surface area contributed by atoms with Crippen LogP contribution in [0.2, 0.25) is 0 Å². The fraction of sp³-hybridized carbons (Fsp3) is 0.308. The van der Waals surface area contributed by atoms with Crippen LogP contribution < -0.4 is 10.6 Å². The zero-order valence-corrected chi connectivity index (χ0v) is 11.1. The van der Waals surface area contributed by atoms with Crippen molar-refractivity contribution in [2.24, 2.45) is 0 Å². The summed E-state index contributed by atoms with van der Waals surface area (Å²) < 4.78 is 4.94. The minimum Gasteiger partial charge on any atom is -0.459 e. The predicted octanol–water partition coefficient (Wildman–Crippen LogP) is 1.32. The second-order valence-corrected chi connectivity index (χ2v) is 4.16. The zero-order valence-electron chi connectivity index (χ0n) is 11.1. The van der Waals surface area contributed by atoms with E-state index in [0.717, 1.165) is 12.1 Å². The molecule has 0 saturated heterocycles. The first-order chi connectivity index (χ1) is 9.69. The summed E-state index contributed by atoms with van der Waals surface area (Å²) in [6, 6.07) is 4.97. The second kappa shape index (κ2) is 6.55. The largest absolute Gasteiger partial charge is 0.459 e. The minimum absolute atomic E-state index is 0.167. The van der Waals surface area contributed by atoms with Crippen LogP contribution in [0.15, 0.2) is 28.9 Å². The molecule has 0 atom stereocenters. The van der Waals surface area contributed by atoms with Crippen molar-refractivity contribution >= 4 is 17.6 Å². The SMILES string of the molecule is CCc1cc(NC(=O)CCNC(=O)c2ccco2)n[nH]1. The average molecular weight is 276 g/mol. The summed E-state index contributed by atoms with van der Waals surface area (Å²) in [5.41, 5.74) is 0.950. The van der Waals surface area contributed by atoms with E-state index < -0.39 is 0 Å². The van der Waals surface area contributed by atoms with Gasteiger partial charge in [0.05, 0.1) is 6.26 Å². The number of rotatable bonds is 6. The molecular formula is C13H16N4O3. The van der Waals surface area contributed by atoms with Crippen LogP contribution in [-0.2, 0) is 11.2 Å². The Kier molecular flexibility index (Phi) is 4.54. The van der Waals surface area contributed by atoms with Gasteiger partial charge in [-0.3, -0.25) is 14.7 Å². The molecule has 2 amide bonds. The molecule has 20 heavy (non-hydrogen) atoms. The normalized spacial score (nSPS) is 10.2. The fourth-order valence-corrected chi connectivity index (χ4v) is 1.60. The van der Waals surface area contributed by atoms with E-state index in [1.165, 1.54) is 6.26 Å². The number of H-pyrrole nitrogens is 1. The maximum atomic E-state index is 11.6. The molecule has 7 nitrogen and oxygen atoms in total. The van der Waals surface area contributed by atoms with Crippen LogP contribution in [-0.4, -0.2) is 28.6 Å². The molecule has 0 unspecified atom stereocenters. The molecule has 2 heterocycles. The molecule has 106 valence electrons. The van der Waals surface area contributed by atoms with Gasteiger partial charge in [-0.05, 0) is 18.6 Å². The molecule has 3 N–H and O–H groups in total. The van der Waals surface area contributed by atoms with E-state index >= 15 is 0 Å². The molecule has 0 fully saturated rings. The van der Waals surface area contributed by atoms with Gasteiger partial charge < -0.3 is 15.1 Å². The molecule has 0 spiro atoms. The van der Waals surface area contributed by atoms with Crippen molar-refractivity contribution < 1.29 is 14.0 Å². The second-order valence-electron chi connectivity index (χ2n) is 4.16. The van der Waals surface area contributed by atoms with Crippen LogP contribution in [0.3, 0.4) is 0 Å². The van der Waals surface area contributed by atoms with E-state index in [1.54, 1.807) is 18.2 Å². The molecular weight excluding hydrogens is 260 g/mol. The molecule has 0 aromatic carbocycles. The van der Waals surface area contributed by atoms with E-state index in [-0.39, 0.29) is 30.5 Å². The number of carbonyl (C=O) groups is 2. The van der Waals surface area contributed by atoms with Crippen molar-refractivity contribution in [2.45, 2.75) is 19.8 Å². The third-order valence-electron chi connectivity index (χ3n) is 2.66. The lowest BCUT2D eigenvalue weighted by atomic mass is 10.3. The summed E-state index contributed by atoms with van der Waals surface area (Å²) in [6.07, 6.45) is 2.41. The van der Waals surface area contributed by atoms with Crippen LogP contribution >= 0.6 is 0 Å². The lowest BCUT2D eigenvalue weighted by Crippen LogP contribution is -2.27. The van der Waals surface area contributed by atoms with Crippen LogP contribution in [0, 0.1) is 0 Å². The summed E-state index contributed by atoms with van der Waals surface area (Å²) in [5, 5.41) is 12.0. The number of amides is 2. The summed E-state index contributed by atoms with van der Waals surface area (Å²) in [6.45, 7) is 2.22. The first-order valence-corrected chi connectivity index (χ1v) is 6.35. The number of furan rings is 1. The Balaban J connectivity index is 1.71. The zero-order chi connectivity index (χ0) is 14.4. The molecule has 0 radical (unpaired) electrons. The molecule has 2 rings (SSSR count). The minimum atomic E-state index is -0.337. The van der Waals surface area contributed by atoms with Crippen molar-refractivity contribution in [3.8, 4) is 0 Å². The quantitative estimate of drug-likeness (QED) is 0.740. The van der Waals surface area contributed by atoms with Crippen LogP contribution in [0.4, 0.5) is 5.82 Å². The highest BCUT2D eigenvalue weighted by atomic mass is 16.3. The summed E-state index contributed by atoms with van der Waals surface area (Å²) >= 11 is 0. The number of aromatic nitrogens is 2. The number of aryl methyl sites for hydroxylation is 1. The molecule has 0 aliphatic heterocycles. The van der Waals surface area contributed by atoms with E-state index in [1.807, 2.05) is 6.92 Å². The number of hydrogen-bond acceptors (Lipinski definition) is 4. The van der Waals surface area contributed by atoms with Gasteiger partial charge >= 0.3 is 0 Å². The Bertz CT molecular complexity index is 574. The topological polar surface area (TPSA) is 100 Å². The molecule has 0 saturated carbocycles. The highest BCUT2D eigenvalue weighted by Gasteiger charge is 2.09. The predicted molar refractivity (Wildman–Crippen MR) is 72.3 cm³/mol. The smallest absolute Gasteiger partial charge is 0.286 e. The van der Waals surface area contributed by atoms with Gasteiger partial charge in [0.25, 0.3) is 5.91 Å². The van der Waals surface area contributed by atoms with Gasteiger partial charge in [0.2, 0.25) is 5.91 Å². The Morgan fingerprint density at radius 3 is 2.95 bits per heavy atom. The standard InChI is InChI=1S/C13H16N4O3/c1-2-9-8-11(17-16-9)15-12(18)5-6-14-13(19)10-4-3-7-20-10/h3-4,7-8H,2,5-6H2,1H3,(H,14,19)(H2,15,16,17,18). The fourth-order valence-electron chi connectivity index (χ4n) is 1.60. The van der Waals surface area contributed by atoms with Gasteiger partial charge in [-0.1, -0.05) is 6.92 Å². The van der Waals surface area contributed by atoms with E-state index in [9.17, 15) is 9.59 Å². The number of nitrogens with one attached hydrogen (secondary N) is 3. The number of carbonyl (C=O) groups excluding carboxylic acids is 2. The van der Waals surface area contributed by atoms with E-state index in [4.69, 9.17) is 4.42 Å². The summed E-state index contributed by atoms with van der Waals surface area (Å²) in [5.74, 6) is 0.171. The Morgan fingerprint density at radius 2 is 2.30 bits per heavy atom. The maximum absolute atomic E-state index is 11.6. The van der Waals surface area contributed by atoms with Crippen LogP contribution in [0.25, 0.3) is 0 Å². The summed E-state index contributed by atoms with van der Waals surface area (Å²) in [4.78, 5) is 23.2. The number of anilines is 1. The Hall–Kier alpha value is -2.57. The van der Waals surface area contributed by atoms with Gasteiger partial charge in [0.15, 0.2) is 11.6 Å². The van der Waals surface area contributed by atoms with Crippen molar-refractivity contribution in [1.29, 1.82) is 0 Å². The van der Waals surface area contributed by atoms with Gasteiger partial charge in [0.1, 0.15) is 0 Å². The maximum Gasteiger partial charge on any atom is 0.286 e. The average Bonchev–Trinajstić information content (AvgIpc) is 3.09. The van der Waals surface area contributed by atoms with Gasteiger partial charge in [-0.25, -0.2) is 0 Å². The number of hydrogen-bond donors (Lipinski definition) is 3. The molecule has 7 heteroatoms. The number of nitrogens with zero attached hydrogens (tertiary/aromatic N) is 1. The highest BCUT2D eigenvalue weighted by Crippen LogP contribution is 2.06. The first kappa shape index (κ1) is 13.9. The third-order valence-corrected chi connectivity index (χ3v) is 2.66. The van der Waals surface area contributed by atoms with E-state index in [2.05, 4.69) is 20.8 Å². The lowest BCUT2D eigenvalue weighted by molar-refractivity contribution is -0.116. The van der Waals surface area contributed by atoms with Gasteiger partial charge in [-0.2, -0.15) is 5.10 Å². The van der Waals surface area contributed by atoms with Crippen molar-refractivity contribution in [3.63, 3.8) is 0 Å². The molecule has 2 aromatic rings. The van der Waals surface area contributed by atoms with Crippen molar-refractivity contribution in [2.75, 3.05) is 11.9 Å². The molecule has 2 aromatic heterocycles. The van der Waals surface area contributed by atoms with Gasteiger partial charge in [-0.15, -0.1) is 0 Å². The van der Waals surface area contributed by atoms with E-state index in [0.29, 0.717) is 5.82 Å². The lowest BCUT2D eigenvalue weighted by Gasteiger charge is -2.03. The van der Waals surface area contributed by atoms with Crippen LogP contribution in [0.1, 0.15) is 29.6 Å². The Morgan fingerprint density at radius 1 is 1.45 bits per heavy atom. The summed E-state index contributed by atoms with van der Waals surface area (Å²) in [7, 11) is 0. The molecule has 0 aliphatic carbocycles. The Labute approximate surface area is 115 Å². The monoisotopic (exact) mass is 276 g/mol. The first-order valence-electron chi connectivity index (χ1n) is 6.35. The van der Waals surface area contributed by atoms with Crippen molar-refractivity contribution in [1.82, 2.24) is 15.5 Å². The number of aromatic amines is 1. The third kappa shape index (κ3) is 3.71. The van der Waals surface area contributed by atoms with Crippen molar-refractivity contribution in [3.05, 3.63) is 35.9 Å². The van der Waals surface area contributed by atoms with Crippen LogP contribution in [0.5, 0.6) is 0 Å².